The lowest BCUT2D eigenvalue weighted by Gasteiger charge is -2.34. The van der Waals surface area contributed by atoms with Crippen molar-refractivity contribution < 1.29 is 23.8 Å². The van der Waals surface area contributed by atoms with Crippen molar-refractivity contribution in [2.24, 2.45) is 0 Å². The fourth-order valence-electron chi connectivity index (χ4n) is 2.61. The van der Waals surface area contributed by atoms with Crippen molar-refractivity contribution in [2.45, 2.75) is 26.7 Å². The lowest BCUT2D eigenvalue weighted by molar-refractivity contribution is -0.135. The van der Waals surface area contributed by atoms with Crippen LogP contribution in [0.25, 0.3) is 0 Å². The molecule has 0 radical (unpaired) electrons. The van der Waals surface area contributed by atoms with Gasteiger partial charge in [-0.05, 0) is 25.5 Å². The molecule has 1 heterocycles. The summed E-state index contributed by atoms with van der Waals surface area (Å²) in [5, 5.41) is 0. The number of carbonyl (C=O) groups excluding carboxylic acids is 2. The molecule has 7 heteroatoms. The molecule has 1 aromatic carbocycles. The molecule has 26 heavy (non-hydrogen) atoms. The van der Waals surface area contributed by atoms with E-state index in [0.29, 0.717) is 50.9 Å². The first kappa shape index (κ1) is 19.9. The first-order chi connectivity index (χ1) is 12.7. The van der Waals surface area contributed by atoms with Crippen molar-refractivity contribution in [3.8, 4) is 11.5 Å². The van der Waals surface area contributed by atoms with Crippen LogP contribution < -0.4 is 9.47 Å². The number of unbranched alkanes of at least 4 members (excludes halogenated alkanes) is 1. The minimum absolute atomic E-state index is 0.0506. The number of carbonyl (C=O) groups is 2. The SMILES string of the molecule is CCCCOC(=O)N1CCN(C(=O)COc2ccccc2OCC)CC1. The van der Waals surface area contributed by atoms with Crippen LogP contribution in [0.1, 0.15) is 26.7 Å². The number of hydrogen-bond donors (Lipinski definition) is 0. The van der Waals surface area contributed by atoms with Crippen molar-refractivity contribution in [1.82, 2.24) is 9.80 Å². The quantitative estimate of drug-likeness (QED) is 0.663. The predicted octanol–water partition coefficient (Wildman–Crippen LogP) is 2.55. The lowest BCUT2D eigenvalue weighted by atomic mass is 10.3. The van der Waals surface area contributed by atoms with Crippen LogP contribution in [0.15, 0.2) is 24.3 Å². The third kappa shape index (κ3) is 5.82. The maximum Gasteiger partial charge on any atom is 0.409 e. The average molecular weight is 364 g/mol. The maximum absolute atomic E-state index is 12.4. The molecule has 1 fully saturated rings. The van der Waals surface area contributed by atoms with Gasteiger partial charge in [0.05, 0.1) is 13.2 Å². The zero-order valence-electron chi connectivity index (χ0n) is 15.6. The smallest absolute Gasteiger partial charge is 0.409 e. The van der Waals surface area contributed by atoms with Crippen molar-refractivity contribution in [1.29, 1.82) is 0 Å². The highest BCUT2D eigenvalue weighted by Crippen LogP contribution is 2.26. The van der Waals surface area contributed by atoms with Gasteiger partial charge in [0.15, 0.2) is 18.1 Å². The van der Waals surface area contributed by atoms with Crippen molar-refractivity contribution in [2.75, 3.05) is 46.0 Å². The molecule has 2 rings (SSSR count). The summed E-state index contributed by atoms with van der Waals surface area (Å²) in [6.45, 7) is 6.80. The Labute approximate surface area is 154 Å². The number of ether oxygens (including phenoxy) is 3. The molecule has 0 aliphatic carbocycles. The minimum Gasteiger partial charge on any atom is -0.490 e. The van der Waals surface area contributed by atoms with Gasteiger partial charge in [-0.1, -0.05) is 25.5 Å². The minimum atomic E-state index is -0.299. The summed E-state index contributed by atoms with van der Waals surface area (Å²) >= 11 is 0. The van der Waals surface area contributed by atoms with Gasteiger partial charge >= 0.3 is 6.09 Å². The van der Waals surface area contributed by atoms with E-state index in [1.54, 1.807) is 15.9 Å². The first-order valence-electron chi connectivity index (χ1n) is 9.19. The average Bonchev–Trinajstić information content (AvgIpc) is 2.67. The molecule has 0 N–H and O–H groups in total. The Balaban J connectivity index is 1.76. The molecule has 0 bridgehead atoms. The number of amides is 2. The predicted molar refractivity (Wildman–Crippen MR) is 97.5 cm³/mol. The van der Waals surface area contributed by atoms with Gasteiger partial charge < -0.3 is 24.0 Å². The third-order valence-electron chi connectivity index (χ3n) is 4.11. The summed E-state index contributed by atoms with van der Waals surface area (Å²) in [4.78, 5) is 27.6. The van der Waals surface area contributed by atoms with Crippen molar-refractivity contribution in [3.63, 3.8) is 0 Å². The third-order valence-corrected chi connectivity index (χ3v) is 4.11. The zero-order valence-corrected chi connectivity index (χ0v) is 15.6. The van der Waals surface area contributed by atoms with Crippen LogP contribution in [-0.4, -0.2) is 67.8 Å². The van der Waals surface area contributed by atoms with Gasteiger partial charge in [-0.2, -0.15) is 0 Å². The van der Waals surface area contributed by atoms with E-state index >= 15 is 0 Å². The number of nitrogens with zero attached hydrogens (tertiary/aromatic N) is 2. The van der Waals surface area contributed by atoms with Crippen molar-refractivity contribution >= 4 is 12.0 Å². The fourth-order valence-corrected chi connectivity index (χ4v) is 2.61. The Bertz CT molecular complexity index is 585. The van der Waals surface area contributed by atoms with E-state index in [9.17, 15) is 9.59 Å². The molecule has 1 saturated heterocycles. The number of benzene rings is 1. The Kier molecular flexibility index (Phi) is 8.05. The zero-order chi connectivity index (χ0) is 18.8. The molecule has 1 aliphatic heterocycles. The summed E-state index contributed by atoms with van der Waals surface area (Å²) in [5.41, 5.74) is 0. The van der Waals surface area contributed by atoms with Crippen LogP contribution in [0.4, 0.5) is 4.79 Å². The largest absolute Gasteiger partial charge is 0.490 e. The second-order valence-corrected chi connectivity index (χ2v) is 6.00. The molecule has 2 amide bonds. The molecule has 7 nitrogen and oxygen atoms in total. The van der Waals surface area contributed by atoms with Gasteiger partial charge in [-0.3, -0.25) is 4.79 Å². The Morgan fingerprint density at radius 2 is 1.58 bits per heavy atom. The maximum atomic E-state index is 12.4. The van der Waals surface area contributed by atoms with Crippen LogP contribution in [0.3, 0.4) is 0 Å². The van der Waals surface area contributed by atoms with E-state index < -0.39 is 0 Å². The van der Waals surface area contributed by atoms with Crippen LogP contribution >= 0.6 is 0 Å². The second-order valence-electron chi connectivity index (χ2n) is 6.00. The second kappa shape index (κ2) is 10.5. The van der Waals surface area contributed by atoms with E-state index in [1.165, 1.54) is 0 Å². The van der Waals surface area contributed by atoms with E-state index in [4.69, 9.17) is 14.2 Å². The lowest BCUT2D eigenvalue weighted by Crippen LogP contribution is -2.51. The normalized spacial score (nSPS) is 14.1. The highest BCUT2D eigenvalue weighted by Gasteiger charge is 2.25. The van der Waals surface area contributed by atoms with E-state index in [1.807, 2.05) is 32.0 Å². The summed E-state index contributed by atoms with van der Waals surface area (Å²) in [7, 11) is 0. The Hall–Kier alpha value is -2.44. The van der Waals surface area contributed by atoms with Crippen LogP contribution in [-0.2, 0) is 9.53 Å². The monoisotopic (exact) mass is 364 g/mol. The summed E-state index contributed by atoms with van der Waals surface area (Å²) in [6, 6.07) is 7.29. The molecule has 1 aromatic rings. The topological polar surface area (TPSA) is 68.3 Å². The number of para-hydroxylation sites is 2. The van der Waals surface area contributed by atoms with Gasteiger partial charge in [0.25, 0.3) is 5.91 Å². The molecule has 0 unspecified atom stereocenters. The van der Waals surface area contributed by atoms with Gasteiger partial charge in [0.1, 0.15) is 0 Å². The summed E-state index contributed by atoms with van der Waals surface area (Å²) in [6.07, 6.45) is 1.56. The highest BCUT2D eigenvalue weighted by atomic mass is 16.6. The molecule has 0 atom stereocenters. The molecular formula is C19H28N2O5. The standard InChI is InChI=1S/C19H28N2O5/c1-3-5-14-25-19(23)21-12-10-20(11-13-21)18(22)15-26-17-9-7-6-8-16(17)24-4-2/h6-9H,3-5,10-15H2,1-2H3. The first-order valence-corrected chi connectivity index (χ1v) is 9.19. The molecule has 0 saturated carbocycles. The summed E-state index contributed by atoms with van der Waals surface area (Å²) < 4.78 is 16.3. The van der Waals surface area contributed by atoms with Crippen LogP contribution in [0.5, 0.6) is 11.5 Å². The Morgan fingerprint density at radius 3 is 2.19 bits per heavy atom. The van der Waals surface area contributed by atoms with Gasteiger partial charge in [0.2, 0.25) is 0 Å². The van der Waals surface area contributed by atoms with Crippen LogP contribution in [0, 0.1) is 0 Å². The van der Waals surface area contributed by atoms with E-state index in [-0.39, 0.29) is 18.6 Å². The Morgan fingerprint density at radius 1 is 0.962 bits per heavy atom. The molecule has 1 aliphatic rings. The van der Waals surface area contributed by atoms with E-state index in [0.717, 1.165) is 12.8 Å². The molecular weight excluding hydrogens is 336 g/mol. The van der Waals surface area contributed by atoms with Crippen LogP contribution in [0.2, 0.25) is 0 Å². The summed E-state index contributed by atoms with van der Waals surface area (Å²) in [5.74, 6) is 1.08. The van der Waals surface area contributed by atoms with Crippen molar-refractivity contribution in [3.05, 3.63) is 24.3 Å². The highest BCUT2D eigenvalue weighted by molar-refractivity contribution is 5.78. The molecule has 0 aromatic heterocycles. The van der Waals surface area contributed by atoms with Gasteiger partial charge in [-0.25, -0.2) is 4.79 Å². The number of piperazine rings is 1. The molecule has 144 valence electrons. The van der Waals surface area contributed by atoms with Gasteiger partial charge in [-0.15, -0.1) is 0 Å². The molecule has 0 spiro atoms. The fraction of sp³-hybridized carbons (Fsp3) is 0.579. The number of hydrogen-bond acceptors (Lipinski definition) is 5. The number of rotatable bonds is 8. The van der Waals surface area contributed by atoms with Gasteiger partial charge in [0, 0.05) is 26.2 Å². The van der Waals surface area contributed by atoms with E-state index in [2.05, 4.69) is 0 Å².